The van der Waals surface area contributed by atoms with Gasteiger partial charge < -0.3 is 4.74 Å². The van der Waals surface area contributed by atoms with Crippen LogP contribution >= 0.6 is 11.8 Å². The first kappa shape index (κ1) is 25.8. The van der Waals surface area contributed by atoms with Gasteiger partial charge in [0.05, 0.1) is 24.7 Å². The fourth-order valence-corrected chi connectivity index (χ4v) is 4.99. The van der Waals surface area contributed by atoms with Crippen LogP contribution in [0.3, 0.4) is 0 Å². The number of nitrogens with zero attached hydrogens (tertiary/aromatic N) is 2. The fourth-order valence-electron chi connectivity index (χ4n) is 3.55. The van der Waals surface area contributed by atoms with Crippen LogP contribution in [0.4, 0.5) is 5.69 Å². The molecule has 0 radical (unpaired) electrons. The third-order valence-electron chi connectivity index (χ3n) is 5.89. The highest BCUT2D eigenvalue weighted by Gasteiger charge is 2.20. The summed E-state index contributed by atoms with van der Waals surface area (Å²) in [6, 6.07) is 19.9. The Balaban J connectivity index is 1.36. The highest BCUT2D eigenvalue weighted by atomic mass is 32.2. The van der Waals surface area contributed by atoms with Crippen LogP contribution in [0.5, 0.6) is 5.75 Å². The van der Waals surface area contributed by atoms with Crippen molar-refractivity contribution in [2.75, 3.05) is 22.1 Å². The van der Waals surface area contributed by atoms with Crippen molar-refractivity contribution in [3.63, 3.8) is 0 Å². The molecule has 0 unspecified atom stereocenters. The van der Waals surface area contributed by atoms with Gasteiger partial charge in [0.1, 0.15) is 11.9 Å². The van der Waals surface area contributed by atoms with E-state index < -0.39 is 10.0 Å². The summed E-state index contributed by atoms with van der Waals surface area (Å²) in [5.41, 5.74) is 7.28. The van der Waals surface area contributed by atoms with Crippen molar-refractivity contribution >= 4 is 39.6 Å². The van der Waals surface area contributed by atoms with E-state index in [0.29, 0.717) is 17.4 Å². The maximum atomic E-state index is 12.5. The molecule has 4 rings (SSSR count). The molecule has 0 aromatic heterocycles. The zero-order valence-electron chi connectivity index (χ0n) is 20.5. The molecule has 3 aromatic rings. The van der Waals surface area contributed by atoms with E-state index in [4.69, 9.17) is 4.74 Å². The van der Waals surface area contributed by atoms with Crippen LogP contribution in [0.15, 0.2) is 71.8 Å². The Morgan fingerprint density at radius 2 is 1.75 bits per heavy atom. The van der Waals surface area contributed by atoms with Crippen molar-refractivity contribution in [3.8, 4) is 5.75 Å². The number of anilines is 1. The van der Waals surface area contributed by atoms with Crippen molar-refractivity contribution in [1.82, 2.24) is 5.43 Å². The minimum Gasteiger partial charge on any atom is -0.489 e. The molecule has 0 saturated carbocycles. The van der Waals surface area contributed by atoms with Crippen LogP contribution in [0.1, 0.15) is 32.6 Å². The van der Waals surface area contributed by atoms with Gasteiger partial charge in [-0.05, 0) is 84.6 Å². The van der Waals surface area contributed by atoms with Crippen LogP contribution in [-0.2, 0) is 16.6 Å². The molecule has 1 aliphatic rings. The molecule has 1 aliphatic heterocycles. The smallest absolute Gasteiger partial charge is 0.271 e. The van der Waals surface area contributed by atoms with E-state index in [2.05, 4.69) is 10.5 Å². The third-order valence-corrected chi connectivity index (χ3v) is 8.25. The molecule has 1 amide bonds. The van der Waals surface area contributed by atoms with Gasteiger partial charge in [-0.3, -0.25) is 9.10 Å². The Kier molecular flexibility index (Phi) is 8.01. The quantitative estimate of drug-likeness (QED) is 0.329. The summed E-state index contributed by atoms with van der Waals surface area (Å²) in [4.78, 5) is 12.5. The second-order valence-electron chi connectivity index (χ2n) is 8.78. The molecule has 1 fully saturated rings. The van der Waals surface area contributed by atoms with Crippen molar-refractivity contribution in [2.24, 2.45) is 5.10 Å². The number of ether oxygens (including phenoxy) is 1. The number of aryl methyl sites for hydroxylation is 2. The van der Waals surface area contributed by atoms with Gasteiger partial charge in [-0.2, -0.15) is 16.9 Å². The third kappa shape index (κ3) is 6.67. The number of carbonyl (C=O) groups is 1. The van der Waals surface area contributed by atoms with E-state index in [1.165, 1.54) is 10.6 Å². The Morgan fingerprint density at radius 1 is 1.06 bits per heavy atom. The van der Waals surface area contributed by atoms with Crippen molar-refractivity contribution in [3.05, 3.63) is 94.5 Å². The largest absolute Gasteiger partial charge is 0.489 e. The van der Waals surface area contributed by atoms with Gasteiger partial charge in [0.25, 0.3) is 5.91 Å². The summed E-state index contributed by atoms with van der Waals surface area (Å²) < 4.78 is 32.1. The summed E-state index contributed by atoms with van der Waals surface area (Å²) in [6.07, 6.45) is 3.06. The maximum Gasteiger partial charge on any atom is 0.271 e. The molecular formula is C27H29N3O4S2. The number of rotatable bonds is 9. The molecule has 0 bridgehead atoms. The lowest BCUT2D eigenvalue weighted by Gasteiger charge is -2.25. The van der Waals surface area contributed by atoms with E-state index in [9.17, 15) is 13.2 Å². The van der Waals surface area contributed by atoms with Crippen LogP contribution in [0.2, 0.25) is 0 Å². The predicted molar refractivity (Wildman–Crippen MR) is 147 cm³/mol. The lowest BCUT2D eigenvalue weighted by Crippen LogP contribution is -2.30. The summed E-state index contributed by atoms with van der Waals surface area (Å²) in [7, 11) is -3.49. The minimum atomic E-state index is -3.49. The zero-order chi connectivity index (χ0) is 25.7. The molecule has 0 spiro atoms. The molecule has 0 aliphatic carbocycles. The molecule has 0 atom stereocenters. The number of thioether (sulfide) groups is 1. The van der Waals surface area contributed by atoms with Gasteiger partial charge in [-0.15, -0.1) is 0 Å². The zero-order valence-corrected chi connectivity index (χ0v) is 22.1. The topological polar surface area (TPSA) is 88.1 Å². The number of hydrogen-bond donors (Lipinski definition) is 1. The van der Waals surface area contributed by atoms with E-state index in [1.54, 1.807) is 36.5 Å². The van der Waals surface area contributed by atoms with Gasteiger partial charge in [0, 0.05) is 17.1 Å². The standard InChI is InChI=1S/C27H29N3O4S2/c1-19-4-11-24(14-20(19)2)30(36(3,32)33)16-22-5-9-23(10-6-22)27(31)29-28-15-21-7-12-25(13-8-21)34-26-17-35-18-26/h4-15,26H,16-18H2,1-3H3,(H,29,31)/b28-15+. The second-order valence-corrected chi connectivity index (χ2v) is 11.8. The number of amides is 1. The first-order valence-electron chi connectivity index (χ1n) is 11.5. The lowest BCUT2D eigenvalue weighted by molar-refractivity contribution is 0.0955. The normalized spacial score (nSPS) is 13.9. The molecule has 188 valence electrons. The molecule has 36 heavy (non-hydrogen) atoms. The van der Waals surface area contributed by atoms with Crippen LogP contribution < -0.4 is 14.5 Å². The van der Waals surface area contributed by atoms with Gasteiger partial charge >= 0.3 is 0 Å². The van der Waals surface area contributed by atoms with E-state index in [1.807, 2.05) is 62.0 Å². The summed E-state index contributed by atoms with van der Waals surface area (Å²) >= 11 is 1.87. The Hall–Kier alpha value is -3.30. The first-order valence-corrected chi connectivity index (χ1v) is 14.5. The lowest BCUT2D eigenvalue weighted by atomic mass is 10.1. The summed E-state index contributed by atoms with van der Waals surface area (Å²) in [5, 5.41) is 4.04. The molecular weight excluding hydrogens is 494 g/mol. The molecule has 7 nitrogen and oxygen atoms in total. The number of hydrogen-bond acceptors (Lipinski definition) is 6. The molecule has 9 heteroatoms. The van der Waals surface area contributed by atoms with E-state index in [-0.39, 0.29) is 12.5 Å². The number of carbonyl (C=O) groups excluding carboxylic acids is 1. The van der Waals surface area contributed by atoms with Crippen LogP contribution in [0, 0.1) is 13.8 Å². The maximum absolute atomic E-state index is 12.5. The first-order chi connectivity index (χ1) is 17.2. The fraction of sp³-hybridized carbons (Fsp3) is 0.259. The van der Waals surface area contributed by atoms with Crippen LogP contribution in [-0.4, -0.2) is 44.4 Å². The minimum absolute atomic E-state index is 0.167. The molecule has 1 N–H and O–H groups in total. The number of hydrazone groups is 1. The summed E-state index contributed by atoms with van der Waals surface area (Å²) in [6.45, 7) is 4.10. The summed E-state index contributed by atoms with van der Waals surface area (Å²) in [5.74, 6) is 2.53. The van der Waals surface area contributed by atoms with Crippen LogP contribution in [0.25, 0.3) is 0 Å². The van der Waals surface area contributed by atoms with E-state index >= 15 is 0 Å². The van der Waals surface area contributed by atoms with Gasteiger partial charge in [0.2, 0.25) is 10.0 Å². The SMILES string of the molecule is Cc1ccc(N(Cc2ccc(C(=O)N/N=C/c3ccc(OC4CSC4)cc3)cc2)S(C)(=O)=O)cc1C. The highest BCUT2D eigenvalue weighted by molar-refractivity contribution is 8.00. The monoisotopic (exact) mass is 523 g/mol. The van der Waals surface area contributed by atoms with Gasteiger partial charge in [0.15, 0.2) is 0 Å². The van der Waals surface area contributed by atoms with Gasteiger partial charge in [-0.1, -0.05) is 18.2 Å². The number of nitrogens with one attached hydrogen (secondary N) is 1. The van der Waals surface area contributed by atoms with Gasteiger partial charge in [-0.25, -0.2) is 13.8 Å². The predicted octanol–water partition coefficient (Wildman–Crippen LogP) is 4.53. The number of sulfonamides is 1. The Labute approximate surface area is 216 Å². The average molecular weight is 524 g/mol. The molecule has 1 heterocycles. The van der Waals surface area contributed by atoms with Crippen molar-refractivity contribution in [1.29, 1.82) is 0 Å². The average Bonchev–Trinajstić information content (AvgIpc) is 2.82. The highest BCUT2D eigenvalue weighted by Crippen LogP contribution is 2.25. The molecule has 1 saturated heterocycles. The van der Waals surface area contributed by atoms with Crippen molar-refractivity contribution in [2.45, 2.75) is 26.5 Å². The number of benzene rings is 3. The second kappa shape index (κ2) is 11.2. The van der Waals surface area contributed by atoms with E-state index in [0.717, 1.165) is 39.5 Å². The Bertz CT molecular complexity index is 1350. The molecule has 3 aromatic carbocycles. The van der Waals surface area contributed by atoms with Crippen molar-refractivity contribution < 1.29 is 17.9 Å². The Morgan fingerprint density at radius 3 is 2.33 bits per heavy atom.